The first-order valence-electron chi connectivity index (χ1n) is 6.78. The SMILES string of the molecule is CCNc1nc(-c2cc(F)ccc2Br)nc2c1CCC2. The van der Waals surface area contributed by atoms with Crippen molar-refractivity contribution < 1.29 is 4.39 Å². The number of aryl methyl sites for hydroxylation is 1. The van der Waals surface area contributed by atoms with Gasteiger partial charge in [-0.15, -0.1) is 0 Å². The van der Waals surface area contributed by atoms with Crippen LogP contribution in [-0.4, -0.2) is 16.5 Å². The van der Waals surface area contributed by atoms with Gasteiger partial charge in [0, 0.05) is 27.8 Å². The van der Waals surface area contributed by atoms with Crippen LogP contribution < -0.4 is 5.32 Å². The molecule has 2 aromatic rings. The predicted octanol–water partition coefficient (Wildman–Crippen LogP) is 3.97. The number of fused-ring (bicyclic) bond motifs is 1. The van der Waals surface area contributed by atoms with E-state index in [1.54, 1.807) is 6.07 Å². The highest BCUT2D eigenvalue weighted by Crippen LogP contribution is 2.32. The Labute approximate surface area is 125 Å². The maximum absolute atomic E-state index is 13.5. The zero-order valence-electron chi connectivity index (χ0n) is 11.2. The lowest BCUT2D eigenvalue weighted by atomic mass is 10.1. The lowest BCUT2D eigenvalue weighted by Gasteiger charge is -2.12. The molecule has 0 bridgehead atoms. The molecule has 1 N–H and O–H groups in total. The number of nitrogens with zero attached hydrogens (tertiary/aromatic N) is 2. The molecule has 20 heavy (non-hydrogen) atoms. The van der Waals surface area contributed by atoms with E-state index >= 15 is 0 Å². The molecule has 0 fully saturated rings. The van der Waals surface area contributed by atoms with Gasteiger partial charge in [0.2, 0.25) is 0 Å². The molecule has 3 nitrogen and oxygen atoms in total. The largest absolute Gasteiger partial charge is 0.370 e. The fourth-order valence-electron chi connectivity index (χ4n) is 2.54. The average molecular weight is 336 g/mol. The highest BCUT2D eigenvalue weighted by molar-refractivity contribution is 9.10. The zero-order chi connectivity index (χ0) is 14.1. The first-order valence-corrected chi connectivity index (χ1v) is 7.57. The van der Waals surface area contributed by atoms with Crippen LogP contribution >= 0.6 is 15.9 Å². The summed E-state index contributed by atoms with van der Waals surface area (Å²) >= 11 is 3.44. The third-order valence-corrected chi connectivity index (χ3v) is 4.14. The minimum Gasteiger partial charge on any atom is -0.370 e. The predicted molar refractivity (Wildman–Crippen MR) is 81.3 cm³/mol. The molecule has 104 valence electrons. The number of benzene rings is 1. The van der Waals surface area contributed by atoms with Crippen molar-refractivity contribution in [3.8, 4) is 11.4 Å². The minimum absolute atomic E-state index is 0.280. The van der Waals surface area contributed by atoms with E-state index in [-0.39, 0.29) is 5.82 Å². The van der Waals surface area contributed by atoms with Crippen LogP contribution in [0.4, 0.5) is 10.2 Å². The van der Waals surface area contributed by atoms with E-state index in [1.165, 1.54) is 17.7 Å². The van der Waals surface area contributed by atoms with Crippen LogP contribution in [0.3, 0.4) is 0 Å². The van der Waals surface area contributed by atoms with Gasteiger partial charge in [-0.2, -0.15) is 0 Å². The summed E-state index contributed by atoms with van der Waals surface area (Å²) in [7, 11) is 0. The molecule has 1 aromatic carbocycles. The van der Waals surface area contributed by atoms with Crippen molar-refractivity contribution in [1.82, 2.24) is 9.97 Å². The van der Waals surface area contributed by atoms with E-state index in [0.717, 1.165) is 41.8 Å². The molecule has 0 amide bonds. The number of hydrogen-bond acceptors (Lipinski definition) is 3. The number of aromatic nitrogens is 2. The Morgan fingerprint density at radius 3 is 2.95 bits per heavy atom. The average Bonchev–Trinajstić information content (AvgIpc) is 2.90. The Morgan fingerprint density at radius 2 is 2.15 bits per heavy atom. The second-order valence-corrected chi connectivity index (χ2v) is 5.68. The van der Waals surface area contributed by atoms with Crippen LogP contribution in [0.5, 0.6) is 0 Å². The van der Waals surface area contributed by atoms with Crippen molar-refractivity contribution >= 4 is 21.7 Å². The fraction of sp³-hybridized carbons (Fsp3) is 0.333. The van der Waals surface area contributed by atoms with Gasteiger partial charge in [0.15, 0.2) is 5.82 Å². The summed E-state index contributed by atoms with van der Waals surface area (Å²) in [6.07, 6.45) is 3.09. The molecule has 1 aliphatic rings. The first-order chi connectivity index (χ1) is 9.69. The Balaban J connectivity index is 2.14. The summed E-state index contributed by atoms with van der Waals surface area (Å²) in [4.78, 5) is 9.21. The molecule has 1 heterocycles. The summed E-state index contributed by atoms with van der Waals surface area (Å²) in [5, 5.41) is 3.29. The second-order valence-electron chi connectivity index (χ2n) is 4.83. The van der Waals surface area contributed by atoms with Crippen LogP contribution in [0.2, 0.25) is 0 Å². The van der Waals surface area contributed by atoms with Gasteiger partial charge in [0.25, 0.3) is 0 Å². The van der Waals surface area contributed by atoms with Gasteiger partial charge < -0.3 is 5.32 Å². The molecule has 1 aliphatic carbocycles. The van der Waals surface area contributed by atoms with Crippen LogP contribution in [0, 0.1) is 5.82 Å². The van der Waals surface area contributed by atoms with Gasteiger partial charge in [-0.25, -0.2) is 14.4 Å². The topological polar surface area (TPSA) is 37.8 Å². The minimum atomic E-state index is -0.280. The van der Waals surface area contributed by atoms with E-state index in [9.17, 15) is 4.39 Å². The summed E-state index contributed by atoms with van der Waals surface area (Å²) in [5.41, 5.74) is 2.99. The number of anilines is 1. The van der Waals surface area contributed by atoms with E-state index < -0.39 is 0 Å². The molecule has 1 aromatic heterocycles. The highest BCUT2D eigenvalue weighted by Gasteiger charge is 2.20. The number of hydrogen-bond donors (Lipinski definition) is 1. The summed E-state index contributed by atoms with van der Waals surface area (Å²) in [6.45, 7) is 2.86. The maximum Gasteiger partial charge on any atom is 0.163 e. The Hall–Kier alpha value is -1.49. The Morgan fingerprint density at radius 1 is 1.30 bits per heavy atom. The third kappa shape index (κ3) is 2.42. The molecule has 0 spiro atoms. The molecular weight excluding hydrogens is 321 g/mol. The van der Waals surface area contributed by atoms with E-state index in [1.807, 2.05) is 6.92 Å². The van der Waals surface area contributed by atoms with Crippen molar-refractivity contribution in [1.29, 1.82) is 0 Å². The van der Waals surface area contributed by atoms with Gasteiger partial charge in [0.05, 0.1) is 0 Å². The normalized spacial score (nSPS) is 13.3. The summed E-state index contributed by atoms with van der Waals surface area (Å²) < 4.78 is 14.3. The Bertz CT molecular complexity index is 658. The molecular formula is C15H15BrFN3. The molecule has 0 saturated carbocycles. The second kappa shape index (κ2) is 5.48. The van der Waals surface area contributed by atoms with E-state index in [0.29, 0.717) is 11.4 Å². The lowest BCUT2D eigenvalue weighted by molar-refractivity contribution is 0.628. The van der Waals surface area contributed by atoms with E-state index in [4.69, 9.17) is 0 Å². The zero-order valence-corrected chi connectivity index (χ0v) is 12.8. The smallest absolute Gasteiger partial charge is 0.163 e. The van der Waals surface area contributed by atoms with Gasteiger partial charge in [-0.1, -0.05) is 15.9 Å². The first kappa shape index (κ1) is 13.5. The van der Waals surface area contributed by atoms with Crippen LogP contribution in [0.15, 0.2) is 22.7 Å². The van der Waals surface area contributed by atoms with Gasteiger partial charge in [-0.3, -0.25) is 0 Å². The molecule has 0 unspecified atom stereocenters. The van der Waals surface area contributed by atoms with Gasteiger partial charge in [0.1, 0.15) is 11.6 Å². The summed E-state index contributed by atoms with van der Waals surface area (Å²) in [5.74, 6) is 1.19. The van der Waals surface area contributed by atoms with E-state index in [2.05, 4.69) is 31.2 Å². The quantitative estimate of drug-likeness (QED) is 0.922. The van der Waals surface area contributed by atoms with Gasteiger partial charge >= 0.3 is 0 Å². The van der Waals surface area contributed by atoms with Crippen molar-refractivity contribution in [3.63, 3.8) is 0 Å². The van der Waals surface area contributed by atoms with Crippen LogP contribution in [0.25, 0.3) is 11.4 Å². The number of nitrogens with one attached hydrogen (secondary N) is 1. The van der Waals surface area contributed by atoms with Crippen LogP contribution in [0.1, 0.15) is 24.6 Å². The van der Waals surface area contributed by atoms with Crippen LogP contribution in [-0.2, 0) is 12.8 Å². The fourth-order valence-corrected chi connectivity index (χ4v) is 2.96. The molecule has 3 rings (SSSR count). The third-order valence-electron chi connectivity index (χ3n) is 3.45. The standard InChI is InChI=1S/C15H15BrFN3/c1-2-18-14-10-4-3-5-13(10)19-15(20-14)11-8-9(17)6-7-12(11)16/h6-8H,2-5H2,1H3,(H,18,19,20). The van der Waals surface area contributed by atoms with Crippen molar-refractivity contribution in [2.45, 2.75) is 26.2 Å². The molecule has 0 saturated heterocycles. The van der Waals surface area contributed by atoms with Crippen molar-refractivity contribution in [2.75, 3.05) is 11.9 Å². The highest BCUT2D eigenvalue weighted by atomic mass is 79.9. The van der Waals surface area contributed by atoms with Crippen molar-refractivity contribution in [3.05, 3.63) is 39.7 Å². The van der Waals surface area contributed by atoms with Gasteiger partial charge in [-0.05, 0) is 44.4 Å². The molecule has 0 atom stereocenters. The monoisotopic (exact) mass is 335 g/mol. The lowest BCUT2D eigenvalue weighted by Crippen LogP contribution is -2.07. The molecule has 5 heteroatoms. The Kier molecular flexibility index (Phi) is 3.70. The summed E-state index contributed by atoms with van der Waals surface area (Å²) in [6, 6.07) is 4.58. The molecule has 0 aliphatic heterocycles. The maximum atomic E-state index is 13.5. The number of halogens is 2. The van der Waals surface area contributed by atoms with Crippen molar-refractivity contribution in [2.24, 2.45) is 0 Å². The molecule has 0 radical (unpaired) electrons. The number of rotatable bonds is 3.